The number of carbonyl (C=O) groups is 2. The van der Waals surface area contributed by atoms with E-state index in [0.717, 1.165) is 40.8 Å². The van der Waals surface area contributed by atoms with Crippen LogP contribution in [-0.2, 0) is 27.5 Å². The van der Waals surface area contributed by atoms with Crippen molar-refractivity contribution in [1.82, 2.24) is 9.80 Å². The number of hydrogen-bond donors (Lipinski definition) is 1. The van der Waals surface area contributed by atoms with Gasteiger partial charge >= 0.3 is 5.97 Å². The average molecular weight is 535 g/mol. The van der Waals surface area contributed by atoms with Crippen molar-refractivity contribution >= 4 is 23.5 Å². The largest absolute Gasteiger partial charge is 0.494 e. The number of carbonyl (C=O) groups excluding carboxylic acids is 2. The lowest BCUT2D eigenvalue weighted by atomic mass is 9.94. The molecule has 0 aromatic heterocycles. The molecule has 1 aliphatic carbocycles. The Morgan fingerprint density at radius 1 is 1.08 bits per heavy atom. The van der Waals surface area contributed by atoms with E-state index in [0.29, 0.717) is 37.8 Å². The fourth-order valence-corrected chi connectivity index (χ4v) is 5.56. The zero-order valence-electron chi connectivity index (χ0n) is 23.8. The second-order valence-electron chi connectivity index (χ2n) is 10.9. The summed E-state index contributed by atoms with van der Waals surface area (Å²) in [6, 6.07) is 10.2. The molecule has 0 spiro atoms. The summed E-state index contributed by atoms with van der Waals surface area (Å²) in [7, 11) is 1.93. The maximum atomic E-state index is 12.6. The first-order chi connectivity index (χ1) is 18.7. The van der Waals surface area contributed by atoms with Crippen molar-refractivity contribution in [3.8, 4) is 5.75 Å². The van der Waals surface area contributed by atoms with Crippen LogP contribution in [0, 0.1) is 20.8 Å². The van der Waals surface area contributed by atoms with Crippen molar-refractivity contribution in [3.63, 3.8) is 0 Å². The molecule has 2 N–H and O–H groups in total. The molecule has 1 aliphatic heterocycles. The van der Waals surface area contributed by atoms with E-state index in [1.54, 1.807) is 4.90 Å². The molecule has 0 saturated heterocycles. The van der Waals surface area contributed by atoms with E-state index in [4.69, 9.17) is 15.2 Å². The number of aliphatic imine (C=N–C) groups is 1. The minimum absolute atomic E-state index is 0.0143. The molecular formula is C31H42N4O4. The molecule has 1 saturated carbocycles. The molecule has 1 amide bonds. The molecule has 0 radical (unpaired) electrons. The van der Waals surface area contributed by atoms with Crippen LogP contribution in [0.25, 0.3) is 0 Å². The first kappa shape index (κ1) is 28.5. The first-order valence-electron chi connectivity index (χ1n) is 14.0. The lowest BCUT2D eigenvalue weighted by molar-refractivity contribution is -0.145. The van der Waals surface area contributed by atoms with Gasteiger partial charge in [0.25, 0.3) is 0 Å². The van der Waals surface area contributed by atoms with E-state index in [1.807, 2.05) is 44.0 Å². The van der Waals surface area contributed by atoms with Gasteiger partial charge in [-0.3, -0.25) is 9.59 Å². The Labute approximate surface area is 232 Å². The van der Waals surface area contributed by atoms with Gasteiger partial charge in [0.2, 0.25) is 5.91 Å². The molecule has 2 aliphatic rings. The van der Waals surface area contributed by atoms with Crippen molar-refractivity contribution in [2.24, 2.45) is 10.7 Å². The van der Waals surface area contributed by atoms with Crippen molar-refractivity contribution in [2.45, 2.75) is 84.9 Å². The van der Waals surface area contributed by atoms with Gasteiger partial charge in [-0.05, 0) is 74.9 Å². The number of amides is 1. The monoisotopic (exact) mass is 534 g/mol. The molecule has 8 heteroatoms. The number of benzene rings is 2. The zero-order chi connectivity index (χ0) is 27.9. The number of nitrogens with two attached hydrogens (primary N) is 1. The molecule has 39 heavy (non-hydrogen) atoms. The van der Waals surface area contributed by atoms with E-state index in [1.165, 1.54) is 24.8 Å². The third-order valence-electron chi connectivity index (χ3n) is 7.83. The van der Waals surface area contributed by atoms with Crippen molar-refractivity contribution in [3.05, 3.63) is 58.1 Å². The van der Waals surface area contributed by atoms with E-state index in [-0.39, 0.29) is 31.0 Å². The quantitative estimate of drug-likeness (QED) is 0.338. The summed E-state index contributed by atoms with van der Waals surface area (Å²) in [5.41, 5.74) is 12.3. The topological polar surface area (TPSA) is 97.5 Å². The summed E-state index contributed by atoms with van der Waals surface area (Å²) in [5, 5.41) is 0. The van der Waals surface area contributed by atoms with E-state index in [9.17, 15) is 9.59 Å². The third-order valence-corrected chi connectivity index (χ3v) is 7.83. The first-order valence-corrected chi connectivity index (χ1v) is 14.0. The number of fused-ring (bicyclic) bond motifs is 1. The molecule has 210 valence electrons. The van der Waals surface area contributed by atoms with Gasteiger partial charge in [0.15, 0.2) is 5.96 Å². The maximum absolute atomic E-state index is 12.6. The molecule has 4 rings (SSSR count). The van der Waals surface area contributed by atoms with Gasteiger partial charge < -0.3 is 25.0 Å². The second-order valence-corrected chi connectivity index (χ2v) is 10.9. The molecule has 8 nitrogen and oxygen atoms in total. The highest BCUT2D eigenvalue weighted by molar-refractivity contribution is 5.87. The van der Waals surface area contributed by atoms with Crippen LogP contribution in [0.1, 0.15) is 72.8 Å². The highest BCUT2D eigenvalue weighted by atomic mass is 16.5. The summed E-state index contributed by atoms with van der Waals surface area (Å²) >= 11 is 0. The van der Waals surface area contributed by atoms with E-state index in [2.05, 4.69) is 24.0 Å². The molecule has 2 aromatic rings. The maximum Gasteiger partial charge on any atom is 0.325 e. The van der Waals surface area contributed by atoms with Crippen molar-refractivity contribution < 1.29 is 19.1 Å². The van der Waals surface area contributed by atoms with Gasteiger partial charge in [0.05, 0.1) is 12.3 Å². The summed E-state index contributed by atoms with van der Waals surface area (Å²) < 4.78 is 11.5. The average Bonchev–Trinajstić information content (AvgIpc) is 2.91. The van der Waals surface area contributed by atoms with Crippen LogP contribution in [-0.4, -0.2) is 53.9 Å². The lowest BCUT2D eigenvalue weighted by Gasteiger charge is -2.31. The summed E-state index contributed by atoms with van der Waals surface area (Å²) in [6.45, 7) is 7.26. The number of hydrogen-bond acceptors (Lipinski definition) is 7. The van der Waals surface area contributed by atoms with Crippen LogP contribution in [0.5, 0.6) is 5.75 Å². The van der Waals surface area contributed by atoms with Crippen LogP contribution < -0.4 is 10.5 Å². The van der Waals surface area contributed by atoms with Crippen LogP contribution in [0.4, 0.5) is 5.69 Å². The number of rotatable bonds is 10. The number of guanidine groups is 1. The minimum Gasteiger partial charge on any atom is -0.494 e. The van der Waals surface area contributed by atoms with Crippen LogP contribution in [0.15, 0.2) is 35.3 Å². The molecule has 0 atom stereocenters. The Bertz CT molecular complexity index is 1200. The molecule has 1 heterocycles. The number of esters is 1. The zero-order valence-corrected chi connectivity index (χ0v) is 23.8. The van der Waals surface area contributed by atoms with E-state index < -0.39 is 0 Å². The molecule has 1 fully saturated rings. The van der Waals surface area contributed by atoms with Crippen molar-refractivity contribution in [1.29, 1.82) is 0 Å². The highest BCUT2D eigenvalue weighted by Gasteiger charge is 2.23. The fraction of sp³-hybridized carbons (Fsp3) is 0.516. The van der Waals surface area contributed by atoms with Crippen molar-refractivity contribution in [2.75, 3.05) is 20.2 Å². The Morgan fingerprint density at radius 2 is 1.79 bits per heavy atom. The van der Waals surface area contributed by atoms with Crippen LogP contribution in [0.3, 0.4) is 0 Å². The molecular weight excluding hydrogens is 492 g/mol. The number of aryl methyl sites for hydroxylation is 3. The van der Waals surface area contributed by atoms with Gasteiger partial charge in [-0.1, -0.05) is 37.0 Å². The number of nitrogens with zero attached hydrogens (tertiary/aromatic N) is 3. The third kappa shape index (κ3) is 7.52. The van der Waals surface area contributed by atoms with Gasteiger partial charge in [-0.15, -0.1) is 0 Å². The second kappa shape index (κ2) is 13.0. The Morgan fingerprint density at radius 3 is 2.51 bits per heavy atom. The molecule has 0 bridgehead atoms. The van der Waals surface area contributed by atoms with Gasteiger partial charge in [0.1, 0.15) is 18.9 Å². The highest BCUT2D eigenvalue weighted by Crippen LogP contribution is 2.29. The summed E-state index contributed by atoms with van der Waals surface area (Å²) in [6.07, 6.45) is 7.08. The Kier molecular flexibility index (Phi) is 9.49. The minimum atomic E-state index is -0.355. The Hall–Kier alpha value is -3.55. The molecule has 0 unspecified atom stereocenters. The van der Waals surface area contributed by atoms with E-state index >= 15 is 0 Å². The predicted octanol–water partition coefficient (Wildman–Crippen LogP) is 5.07. The SMILES string of the molecule is Cc1cc(C)c(COC(=O)CN2Cc3cc(OCCCC(=O)N(C)C4CCCCC4)ccc3N=C2N)c(C)c1. The van der Waals surface area contributed by atoms with Gasteiger partial charge in [0, 0.05) is 31.6 Å². The lowest BCUT2D eigenvalue weighted by Crippen LogP contribution is -2.42. The fourth-order valence-electron chi connectivity index (χ4n) is 5.56. The number of ether oxygens (including phenoxy) is 2. The Balaban J connectivity index is 1.25. The predicted molar refractivity (Wildman–Crippen MR) is 153 cm³/mol. The summed E-state index contributed by atoms with van der Waals surface area (Å²) in [4.78, 5) is 33.3. The molecule has 2 aromatic carbocycles. The summed E-state index contributed by atoms with van der Waals surface area (Å²) in [5.74, 6) is 0.837. The van der Waals surface area contributed by atoms with Crippen LogP contribution in [0.2, 0.25) is 0 Å². The van der Waals surface area contributed by atoms with Gasteiger partial charge in [-0.2, -0.15) is 0 Å². The normalized spacial score (nSPS) is 15.4. The van der Waals surface area contributed by atoms with Crippen LogP contribution >= 0.6 is 0 Å². The van der Waals surface area contributed by atoms with Gasteiger partial charge in [-0.25, -0.2) is 4.99 Å². The smallest absolute Gasteiger partial charge is 0.325 e. The standard InChI is InChI=1S/C31H42N4O4/c1-21-15-22(2)27(23(3)16-21)20-39-30(37)19-35-18-24-17-26(12-13-28(24)33-31(35)32)38-14-8-11-29(36)34(4)25-9-6-5-7-10-25/h12-13,15-17,25H,5-11,14,18-20H2,1-4H3,(H2,32,33).